The van der Waals surface area contributed by atoms with Crippen LogP contribution in [-0.2, 0) is 4.79 Å². The maximum atomic E-state index is 13.9. The molecule has 2 unspecified atom stereocenters. The maximum absolute atomic E-state index is 13.9. The van der Waals surface area contributed by atoms with Crippen molar-refractivity contribution in [3.63, 3.8) is 0 Å². The van der Waals surface area contributed by atoms with Crippen LogP contribution >= 0.6 is 0 Å². The molecule has 2 amide bonds. The fraction of sp³-hybridized carbons (Fsp3) is 0.619. The molecule has 4 rings (SSSR count). The van der Waals surface area contributed by atoms with E-state index in [1.54, 1.807) is 4.90 Å². The Morgan fingerprint density at radius 2 is 1.71 bits per heavy atom. The zero-order valence-electron chi connectivity index (χ0n) is 16.2. The predicted octanol–water partition coefficient (Wildman–Crippen LogP) is 2.56. The van der Waals surface area contributed by atoms with Gasteiger partial charge in [-0.2, -0.15) is 0 Å². The van der Waals surface area contributed by atoms with E-state index in [1.165, 1.54) is 18.9 Å². The molecule has 3 heterocycles. The van der Waals surface area contributed by atoms with Crippen LogP contribution in [-0.4, -0.2) is 59.9 Å². The molecule has 152 valence electrons. The van der Waals surface area contributed by atoms with Crippen LogP contribution in [0.2, 0.25) is 0 Å². The lowest BCUT2D eigenvalue weighted by Crippen LogP contribution is -2.51. The van der Waals surface area contributed by atoms with E-state index in [4.69, 9.17) is 0 Å². The number of amides is 2. The number of hydrogen-bond acceptors (Lipinski definition) is 3. The first kappa shape index (κ1) is 19.3. The number of carbonyl (C=O) groups excluding carboxylic acids is 2. The number of nitrogens with one attached hydrogen (secondary N) is 1. The summed E-state index contributed by atoms with van der Waals surface area (Å²) in [6, 6.07) is 4.36. The van der Waals surface area contributed by atoms with Crippen molar-refractivity contribution in [2.75, 3.05) is 20.1 Å². The topological polar surface area (TPSA) is 52.7 Å². The van der Waals surface area contributed by atoms with Crippen molar-refractivity contribution in [2.45, 2.75) is 56.7 Å². The highest BCUT2D eigenvalue weighted by Crippen LogP contribution is 2.31. The zero-order chi connectivity index (χ0) is 19.8. The second-order valence-electron chi connectivity index (χ2n) is 8.40. The molecule has 0 aliphatic carbocycles. The summed E-state index contributed by atoms with van der Waals surface area (Å²) in [6.45, 7) is 0.828. The SMILES string of the molecule is CN(C(=O)C1CCN(C(=O)c2ccc(F)cc2F)CC1)C1CC2CCC(C1)N2. The van der Waals surface area contributed by atoms with Gasteiger partial charge in [-0.25, -0.2) is 8.78 Å². The van der Waals surface area contributed by atoms with Crippen molar-refractivity contribution in [3.05, 3.63) is 35.4 Å². The molecule has 0 radical (unpaired) electrons. The zero-order valence-corrected chi connectivity index (χ0v) is 16.2. The molecule has 3 aliphatic rings. The molecule has 1 N–H and O–H groups in total. The van der Waals surface area contributed by atoms with Gasteiger partial charge in [0.05, 0.1) is 5.56 Å². The van der Waals surface area contributed by atoms with E-state index in [9.17, 15) is 18.4 Å². The summed E-state index contributed by atoms with van der Waals surface area (Å²) < 4.78 is 27.0. The predicted molar refractivity (Wildman–Crippen MR) is 101 cm³/mol. The summed E-state index contributed by atoms with van der Waals surface area (Å²) in [4.78, 5) is 29.0. The van der Waals surface area contributed by atoms with Gasteiger partial charge in [0.1, 0.15) is 11.6 Å². The molecule has 28 heavy (non-hydrogen) atoms. The third kappa shape index (κ3) is 3.77. The standard InChI is InChI=1S/C21H27F2N3O2/c1-25(17-11-15-3-4-16(12-17)24-15)20(27)13-6-8-26(9-7-13)21(28)18-5-2-14(22)10-19(18)23/h2,5,10,13,15-17,24H,3-4,6-9,11-12H2,1H3. The van der Waals surface area contributed by atoms with Crippen molar-refractivity contribution in [1.82, 2.24) is 15.1 Å². The number of carbonyl (C=O) groups is 2. The highest BCUT2D eigenvalue weighted by molar-refractivity contribution is 5.94. The number of benzene rings is 1. The van der Waals surface area contributed by atoms with Crippen LogP contribution in [0.4, 0.5) is 8.78 Å². The first-order valence-electron chi connectivity index (χ1n) is 10.2. The Morgan fingerprint density at radius 1 is 1.07 bits per heavy atom. The average molecular weight is 391 g/mol. The van der Waals surface area contributed by atoms with Gasteiger partial charge in [0.15, 0.2) is 0 Å². The molecule has 0 saturated carbocycles. The summed E-state index contributed by atoms with van der Waals surface area (Å²) in [7, 11) is 1.91. The van der Waals surface area contributed by atoms with Crippen molar-refractivity contribution in [3.8, 4) is 0 Å². The van der Waals surface area contributed by atoms with Gasteiger partial charge >= 0.3 is 0 Å². The Labute approximate surface area is 164 Å². The number of fused-ring (bicyclic) bond motifs is 2. The molecule has 2 atom stereocenters. The van der Waals surface area contributed by atoms with E-state index in [-0.39, 0.29) is 17.4 Å². The summed E-state index contributed by atoms with van der Waals surface area (Å²) in [5, 5.41) is 3.60. The molecule has 0 spiro atoms. The quantitative estimate of drug-likeness (QED) is 0.862. The second-order valence-corrected chi connectivity index (χ2v) is 8.40. The number of piperidine rings is 2. The summed E-state index contributed by atoms with van der Waals surface area (Å²) in [5.74, 6) is -1.92. The van der Waals surface area contributed by atoms with E-state index in [2.05, 4.69) is 5.32 Å². The van der Waals surface area contributed by atoms with Gasteiger partial charge in [-0.1, -0.05) is 0 Å². The molecule has 3 aliphatic heterocycles. The number of hydrogen-bond donors (Lipinski definition) is 1. The Morgan fingerprint density at radius 3 is 2.32 bits per heavy atom. The molecule has 3 fully saturated rings. The second kappa shape index (κ2) is 7.78. The monoisotopic (exact) mass is 391 g/mol. The van der Waals surface area contributed by atoms with Gasteiger partial charge in [0, 0.05) is 50.2 Å². The van der Waals surface area contributed by atoms with Gasteiger partial charge in [-0.3, -0.25) is 9.59 Å². The lowest BCUT2D eigenvalue weighted by Gasteiger charge is -2.39. The molecule has 5 nitrogen and oxygen atoms in total. The number of nitrogens with zero attached hydrogens (tertiary/aromatic N) is 2. The average Bonchev–Trinajstić information content (AvgIpc) is 3.04. The Kier molecular flexibility index (Phi) is 5.36. The van der Waals surface area contributed by atoms with Crippen LogP contribution in [0, 0.1) is 17.6 Å². The lowest BCUT2D eigenvalue weighted by atomic mass is 9.92. The van der Waals surface area contributed by atoms with E-state index in [0.717, 1.165) is 25.0 Å². The van der Waals surface area contributed by atoms with Crippen molar-refractivity contribution in [1.29, 1.82) is 0 Å². The van der Waals surface area contributed by atoms with Crippen LogP contribution in [0.15, 0.2) is 18.2 Å². The fourth-order valence-corrected chi connectivity index (χ4v) is 4.97. The first-order chi connectivity index (χ1) is 13.4. The molecule has 1 aromatic carbocycles. The highest BCUT2D eigenvalue weighted by atomic mass is 19.1. The Balaban J connectivity index is 1.33. The minimum Gasteiger partial charge on any atom is -0.342 e. The molecular formula is C21H27F2N3O2. The van der Waals surface area contributed by atoms with Gasteiger partial charge in [-0.05, 0) is 50.7 Å². The lowest BCUT2D eigenvalue weighted by molar-refractivity contribution is -0.138. The van der Waals surface area contributed by atoms with E-state index in [1.807, 2.05) is 11.9 Å². The molecule has 7 heteroatoms. The normalized spacial score (nSPS) is 27.7. The van der Waals surface area contributed by atoms with Crippen LogP contribution in [0.1, 0.15) is 48.9 Å². The third-order valence-corrected chi connectivity index (χ3v) is 6.64. The largest absolute Gasteiger partial charge is 0.342 e. The van der Waals surface area contributed by atoms with E-state index in [0.29, 0.717) is 44.1 Å². The molecular weight excluding hydrogens is 364 g/mol. The van der Waals surface area contributed by atoms with Gasteiger partial charge < -0.3 is 15.1 Å². The highest BCUT2D eigenvalue weighted by Gasteiger charge is 2.38. The number of halogens is 2. The van der Waals surface area contributed by atoms with Crippen LogP contribution in [0.5, 0.6) is 0 Å². The smallest absolute Gasteiger partial charge is 0.256 e. The van der Waals surface area contributed by atoms with Gasteiger partial charge in [-0.15, -0.1) is 0 Å². The molecule has 0 aromatic heterocycles. The summed E-state index contributed by atoms with van der Waals surface area (Å²) in [6.07, 6.45) is 5.58. The maximum Gasteiger partial charge on any atom is 0.256 e. The third-order valence-electron chi connectivity index (χ3n) is 6.64. The minimum atomic E-state index is -0.844. The number of rotatable bonds is 3. The Bertz CT molecular complexity index is 752. The summed E-state index contributed by atoms with van der Waals surface area (Å²) >= 11 is 0. The first-order valence-corrected chi connectivity index (χ1v) is 10.2. The molecule has 3 saturated heterocycles. The van der Waals surface area contributed by atoms with Crippen molar-refractivity contribution in [2.24, 2.45) is 5.92 Å². The van der Waals surface area contributed by atoms with Crippen molar-refractivity contribution < 1.29 is 18.4 Å². The van der Waals surface area contributed by atoms with Gasteiger partial charge in [0.2, 0.25) is 5.91 Å². The fourth-order valence-electron chi connectivity index (χ4n) is 4.97. The summed E-state index contributed by atoms with van der Waals surface area (Å²) in [5.41, 5.74) is -0.117. The minimum absolute atomic E-state index is 0.0975. The van der Waals surface area contributed by atoms with Crippen LogP contribution in [0.25, 0.3) is 0 Å². The van der Waals surface area contributed by atoms with Crippen LogP contribution < -0.4 is 5.32 Å². The molecule has 1 aromatic rings. The Hall–Kier alpha value is -2.02. The van der Waals surface area contributed by atoms with Crippen LogP contribution in [0.3, 0.4) is 0 Å². The molecule has 2 bridgehead atoms. The van der Waals surface area contributed by atoms with E-state index < -0.39 is 17.5 Å². The van der Waals surface area contributed by atoms with Gasteiger partial charge in [0.25, 0.3) is 5.91 Å². The van der Waals surface area contributed by atoms with E-state index >= 15 is 0 Å². The van der Waals surface area contributed by atoms with Crippen molar-refractivity contribution >= 4 is 11.8 Å². The number of likely N-dealkylation sites (tertiary alicyclic amines) is 1.